The summed E-state index contributed by atoms with van der Waals surface area (Å²) >= 11 is 0. The zero-order valence-electron chi connectivity index (χ0n) is 31.3. The van der Waals surface area contributed by atoms with Crippen LogP contribution >= 0.6 is 0 Å². The average Bonchev–Trinajstić information content (AvgIpc) is 3.19. The molecule has 0 fully saturated rings. The largest absolute Gasteiger partial charge is 0.252 e. The molecule has 0 aliphatic heterocycles. The zero-order valence-corrected chi connectivity index (χ0v) is 31.3. The van der Waals surface area contributed by atoms with Gasteiger partial charge in [0, 0.05) is 34.4 Å². The highest BCUT2D eigenvalue weighted by atomic mass is 14.7. The van der Waals surface area contributed by atoms with Gasteiger partial charge in [-0.05, 0) is 89.8 Å². The van der Waals surface area contributed by atoms with Crippen LogP contribution in [0.2, 0.25) is 0 Å². The number of benzene rings is 4. The minimum absolute atomic E-state index is 0.309. The molecule has 0 amide bonds. The fourth-order valence-corrected chi connectivity index (χ4v) is 7.81. The lowest BCUT2D eigenvalue weighted by atomic mass is 9.88. The molecular formula is C50H54N2. The third-order valence-corrected chi connectivity index (χ3v) is 10.8. The lowest BCUT2D eigenvalue weighted by Crippen LogP contribution is -2.03. The van der Waals surface area contributed by atoms with E-state index in [4.69, 9.17) is 9.97 Å². The second-order valence-electron chi connectivity index (χ2n) is 14.8. The molecule has 0 saturated carbocycles. The molecule has 2 heteroatoms. The third-order valence-electron chi connectivity index (χ3n) is 10.8. The van der Waals surface area contributed by atoms with Crippen LogP contribution in [-0.4, -0.2) is 9.97 Å². The van der Waals surface area contributed by atoms with E-state index in [0.29, 0.717) is 5.92 Å². The topological polar surface area (TPSA) is 25.8 Å². The van der Waals surface area contributed by atoms with Gasteiger partial charge in [-0.15, -0.1) is 0 Å². The van der Waals surface area contributed by atoms with Gasteiger partial charge in [-0.2, -0.15) is 0 Å². The van der Waals surface area contributed by atoms with Crippen LogP contribution in [0.15, 0.2) is 127 Å². The van der Waals surface area contributed by atoms with Crippen LogP contribution in [0.4, 0.5) is 0 Å². The van der Waals surface area contributed by atoms with Gasteiger partial charge in [-0.25, -0.2) is 4.98 Å². The summed E-state index contributed by atoms with van der Waals surface area (Å²) in [5.41, 5.74) is 13.3. The van der Waals surface area contributed by atoms with Crippen molar-refractivity contribution in [1.82, 2.24) is 9.97 Å². The van der Waals surface area contributed by atoms with Gasteiger partial charge in [0.1, 0.15) is 0 Å². The first-order valence-electron chi connectivity index (χ1n) is 20.0. The Hall–Kier alpha value is -4.82. The normalized spacial score (nSPS) is 14.1. The Morgan fingerprint density at radius 1 is 0.558 bits per heavy atom. The first-order valence-corrected chi connectivity index (χ1v) is 20.0. The number of fused-ring (bicyclic) bond motifs is 2. The average molecular weight is 683 g/mol. The highest BCUT2D eigenvalue weighted by Gasteiger charge is 2.18. The molecule has 1 atom stereocenters. The summed E-state index contributed by atoms with van der Waals surface area (Å²) < 4.78 is 0. The molecule has 264 valence electrons. The summed E-state index contributed by atoms with van der Waals surface area (Å²) in [6.07, 6.45) is 24.9. The highest BCUT2D eigenvalue weighted by Crippen LogP contribution is 2.38. The number of rotatable bonds is 16. The van der Waals surface area contributed by atoms with Crippen LogP contribution in [0, 0.1) is 0 Å². The van der Waals surface area contributed by atoms with Gasteiger partial charge < -0.3 is 0 Å². The molecule has 0 N–H and O–H groups in total. The Morgan fingerprint density at radius 3 is 1.88 bits per heavy atom. The molecule has 0 saturated heterocycles. The van der Waals surface area contributed by atoms with Crippen LogP contribution in [0.25, 0.3) is 44.2 Å². The van der Waals surface area contributed by atoms with Crippen molar-refractivity contribution >= 4 is 21.8 Å². The summed E-state index contributed by atoms with van der Waals surface area (Å²) in [7, 11) is 0. The number of allylic oxidation sites excluding steroid dienone is 4. The van der Waals surface area contributed by atoms with Crippen molar-refractivity contribution in [3.8, 4) is 22.4 Å². The molecule has 1 aliphatic rings. The van der Waals surface area contributed by atoms with E-state index in [1.807, 2.05) is 0 Å². The van der Waals surface area contributed by atoms with Crippen LogP contribution in [0.1, 0.15) is 112 Å². The maximum absolute atomic E-state index is 5.37. The van der Waals surface area contributed by atoms with Gasteiger partial charge in [0.25, 0.3) is 0 Å². The molecule has 1 unspecified atom stereocenters. The van der Waals surface area contributed by atoms with E-state index in [2.05, 4.69) is 141 Å². The molecule has 0 radical (unpaired) electrons. The van der Waals surface area contributed by atoms with Crippen molar-refractivity contribution in [2.24, 2.45) is 0 Å². The number of unbranched alkanes of at least 4 members (excludes halogenated alkanes) is 7. The Labute approximate surface area is 311 Å². The molecule has 2 aromatic heterocycles. The Kier molecular flexibility index (Phi) is 12.0. The Morgan fingerprint density at radius 2 is 1.19 bits per heavy atom. The quantitative estimate of drug-likeness (QED) is 0.0750. The predicted octanol–water partition coefficient (Wildman–Crippen LogP) is 13.9. The van der Waals surface area contributed by atoms with E-state index in [9.17, 15) is 0 Å². The van der Waals surface area contributed by atoms with Crippen molar-refractivity contribution in [2.75, 3.05) is 0 Å². The molecular weight excluding hydrogens is 629 g/mol. The second-order valence-corrected chi connectivity index (χ2v) is 14.8. The fraction of sp³-hybridized carbons (Fsp3) is 0.320. The molecule has 52 heavy (non-hydrogen) atoms. The van der Waals surface area contributed by atoms with Crippen molar-refractivity contribution in [3.05, 3.63) is 155 Å². The maximum atomic E-state index is 5.37. The number of aromatic nitrogens is 2. The molecule has 4 aromatic carbocycles. The number of aryl methyl sites for hydroxylation is 2. The van der Waals surface area contributed by atoms with Gasteiger partial charge in [0.15, 0.2) is 0 Å². The fourth-order valence-electron chi connectivity index (χ4n) is 7.81. The molecule has 2 nitrogen and oxygen atoms in total. The van der Waals surface area contributed by atoms with Crippen molar-refractivity contribution in [1.29, 1.82) is 0 Å². The van der Waals surface area contributed by atoms with Gasteiger partial charge in [0.05, 0.1) is 16.7 Å². The third kappa shape index (κ3) is 8.79. The van der Waals surface area contributed by atoms with Gasteiger partial charge in [-0.3, -0.25) is 4.98 Å². The maximum Gasteiger partial charge on any atom is 0.0723 e. The number of nitrogens with zero attached hydrogens (tertiary/aromatic N) is 2. The lowest BCUT2D eigenvalue weighted by molar-refractivity contribution is 0.632. The molecule has 1 aliphatic carbocycles. The van der Waals surface area contributed by atoms with Crippen molar-refractivity contribution in [3.63, 3.8) is 0 Å². The van der Waals surface area contributed by atoms with Gasteiger partial charge >= 0.3 is 0 Å². The Bertz CT molecular complexity index is 2120. The molecule has 7 rings (SSSR count). The van der Waals surface area contributed by atoms with Crippen LogP contribution in [-0.2, 0) is 19.3 Å². The molecule has 6 aromatic rings. The molecule has 2 heterocycles. The molecule has 0 spiro atoms. The first-order chi connectivity index (χ1) is 25.7. The standard InChI is InChI=1S/C50H54N2/c1-3-5-7-9-13-19-37-24-26-39(27-25-37)32-43-33-44(40-20-14-10-15-21-40)46-36-50-47(35-49(46)51-43)45(41-22-16-11-17-23-41)34-48(52-50)42-30-28-38(29-31-42)18-12-8-6-4-2/h10-11,14-17,20,22-31,33-36,40H,3-9,12-13,18-19,21,32H2,1-2H3. The summed E-state index contributed by atoms with van der Waals surface area (Å²) in [6, 6.07) is 38.5. The van der Waals surface area contributed by atoms with Gasteiger partial charge in [-0.1, -0.05) is 162 Å². The lowest BCUT2D eigenvalue weighted by Gasteiger charge is -2.19. The summed E-state index contributed by atoms with van der Waals surface area (Å²) in [6.45, 7) is 4.55. The second kappa shape index (κ2) is 17.6. The SMILES string of the molecule is CCCCCCCc1ccc(Cc2cc(C3C=CC=CC3)c3cc4nc(-c5ccc(CCCCCC)cc5)cc(-c5ccccc5)c4cc3n2)cc1. The van der Waals surface area contributed by atoms with Crippen LogP contribution in [0.3, 0.4) is 0 Å². The number of hydrogen-bond donors (Lipinski definition) is 0. The van der Waals surface area contributed by atoms with Crippen LogP contribution in [0.5, 0.6) is 0 Å². The predicted molar refractivity (Wildman–Crippen MR) is 223 cm³/mol. The van der Waals surface area contributed by atoms with E-state index in [0.717, 1.165) is 52.6 Å². The Balaban J connectivity index is 1.26. The van der Waals surface area contributed by atoms with E-state index in [1.54, 1.807) is 0 Å². The summed E-state index contributed by atoms with van der Waals surface area (Å²) in [5, 5.41) is 2.35. The van der Waals surface area contributed by atoms with E-state index >= 15 is 0 Å². The minimum Gasteiger partial charge on any atom is -0.252 e. The highest BCUT2D eigenvalue weighted by molar-refractivity contribution is 6.04. The van der Waals surface area contributed by atoms with Crippen molar-refractivity contribution < 1.29 is 0 Å². The van der Waals surface area contributed by atoms with E-state index in [1.165, 1.54) is 103 Å². The summed E-state index contributed by atoms with van der Waals surface area (Å²) in [4.78, 5) is 10.7. The van der Waals surface area contributed by atoms with Gasteiger partial charge in [0.2, 0.25) is 0 Å². The van der Waals surface area contributed by atoms with E-state index < -0.39 is 0 Å². The van der Waals surface area contributed by atoms with E-state index in [-0.39, 0.29) is 0 Å². The van der Waals surface area contributed by atoms with Crippen LogP contribution < -0.4 is 0 Å². The first kappa shape index (κ1) is 35.6. The number of hydrogen-bond acceptors (Lipinski definition) is 2. The summed E-state index contributed by atoms with van der Waals surface area (Å²) in [5.74, 6) is 0.309. The van der Waals surface area contributed by atoms with Crippen molar-refractivity contribution in [2.45, 2.75) is 103 Å². The molecule has 0 bridgehead atoms. The number of pyridine rings is 2. The zero-order chi connectivity index (χ0) is 35.5. The monoisotopic (exact) mass is 682 g/mol. The minimum atomic E-state index is 0.309. The smallest absolute Gasteiger partial charge is 0.0723 e.